The fourth-order valence-electron chi connectivity index (χ4n) is 2.37. The van der Waals surface area contributed by atoms with Crippen LogP contribution in [0.25, 0.3) is 20.8 Å². The zero-order chi connectivity index (χ0) is 16.4. The molecule has 0 bridgehead atoms. The Balaban J connectivity index is 1.36. The van der Waals surface area contributed by atoms with Gasteiger partial charge in [0.05, 0.1) is 21.6 Å². The van der Waals surface area contributed by atoms with Crippen molar-refractivity contribution in [1.82, 2.24) is 20.1 Å². The molecule has 1 amide bonds. The lowest BCUT2D eigenvalue weighted by Crippen LogP contribution is -2.27. The molecule has 0 saturated carbocycles. The van der Waals surface area contributed by atoms with Crippen molar-refractivity contribution < 1.29 is 4.79 Å². The number of nitrogens with zero attached hydrogens (tertiary/aromatic N) is 3. The number of carbonyl (C=O) groups is 1. The van der Waals surface area contributed by atoms with Crippen molar-refractivity contribution in [2.45, 2.75) is 6.54 Å². The molecule has 0 atom stereocenters. The zero-order valence-corrected chi connectivity index (χ0v) is 14.3. The van der Waals surface area contributed by atoms with Crippen LogP contribution in [0.1, 0.15) is 9.80 Å². The van der Waals surface area contributed by atoms with E-state index < -0.39 is 0 Å². The van der Waals surface area contributed by atoms with Gasteiger partial charge in [0, 0.05) is 12.7 Å². The summed E-state index contributed by atoms with van der Waals surface area (Å²) in [6.07, 6.45) is 1.93. The second kappa shape index (κ2) is 6.54. The molecule has 0 radical (unpaired) electrons. The van der Waals surface area contributed by atoms with Gasteiger partial charge in [-0.1, -0.05) is 18.2 Å². The Labute approximate surface area is 146 Å². The first-order valence-electron chi connectivity index (χ1n) is 7.51. The van der Waals surface area contributed by atoms with E-state index in [1.165, 1.54) is 11.3 Å². The maximum atomic E-state index is 12.2. The number of benzene rings is 1. The molecule has 4 aromatic rings. The third kappa shape index (κ3) is 3.08. The van der Waals surface area contributed by atoms with Crippen LogP contribution in [0.5, 0.6) is 0 Å². The van der Waals surface area contributed by atoms with Crippen LogP contribution in [0.15, 0.2) is 54.0 Å². The first-order valence-corrected chi connectivity index (χ1v) is 9.20. The summed E-state index contributed by atoms with van der Waals surface area (Å²) in [5.41, 5.74) is 1.82. The number of nitrogens with one attached hydrogen (secondary N) is 1. The Bertz CT molecular complexity index is 938. The highest BCUT2D eigenvalue weighted by atomic mass is 32.1. The van der Waals surface area contributed by atoms with E-state index in [4.69, 9.17) is 0 Å². The lowest BCUT2D eigenvalue weighted by Gasteiger charge is -2.03. The summed E-state index contributed by atoms with van der Waals surface area (Å²) in [5, 5.41) is 9.95. The van der Waals surface area contributed by atoms with Crippen molar-refractivity contribution in [3.63, 3.8) is 0 Å². The predicted molar refractivity (Wildman–Crippen MR) is 97.5 cm³/mol. The number of amides is 1. The van der Waals surface area contributed by atoms with E-state index in [-0.39, 0.29) is 5.91 Å². The number of hydrogen-bond acceptors (Lipinski definition) is 5. The van der Waals surface area contributed by atoms with E-state index in [9.17, 15) is 4.79 Å². The summed E-state index contributed by atoms with van der Waals surface area (Å²) >= 11 is 3.07. The molecule has 0 aliphatic carbocycles. The van der Waals surface area contributed by atoms with Crippen molar-refractivity contribution >= 4 is 38.8 Å². The Kier molecular flexibility index (Phi) is 4.10. The molecule has 0 aliphatic heterocycles. The van der Waals surface area contributed by atoms with Crippen LogP contribution in [0.2, 0.25) is 0 Å². The van der Waals surface area contributed by atoms with Gasteiger partial charge in [-0.2, -0.15) is 5.10 Å². The van der Waals surface area contributed by atoms with Crippen LogP contribution in [0.4, 0.5) is 0 Å². The lowest BCUT2D eigenvalue weighted by molar-refractivity contribution is 0.0952. The number of para-hydroxylation sites is 1. The normalized spacial score (nSPS) is 11.0. The molecule has 24 heavy (non-hydrogen) atoms. The monoisotopic (exact) mass is 354 g/mol. The van der Waals surface area contributed by atoms with Crippen LogP contribution in [0, 0.1) is 0 Å². The quantitative estimate of drug-likeness (QED) is 0.595. The molecule has 5 nitrogen and oxygen atoms in total. The topological polar surface area (TPSA) is 59.8 Å². The van der Waals surface area contributed by atoms with Gasteiger partial charge in [-0.25, -0.2) is 4.98 Å². The maximum absolute atomic E-state index is 12.2. The average molecular weight is 354 g/mol. The van der Waals surface area contributed by atoms with Gasteiger partial charge >= 0.3 is 0 Å². The molecule has 3 aromatic heterocycles. The minimum atomic E-state index is -0.137. The van der Waals surface area contributed by atoms with Crippen molar-refractivity contribution in [2.75, 3.05) is 6.54 Å². The first kappa shape index (κ1) is 15.0. The molecule has 1 N–H and O–H groups in total. The van der Waals surface area contributed by atoms with Crippen molar-refractivity contribution in [2.24, 2.45) is 0 Å². The van der Waals surface area contributed by atoms with Crippen molar-refractivity contribution in [3.05, 3.63) is 59.0 Å². The molecule has 4 rings (SSSR count). The Hall–Kier alpha value is -2.51. The molecule has 0 spiro atoms. The fourth-order valence-corrected chi connectivity index (χ4v) is 3.94. The fraction of sp³-hybridized carbons (Fsp3) is 0.118. The lowest BCUT2D eigenvalue weighted by atomic mass is 10.3. The number of hydrogen-bond donors (Lipinski definition) is 1. The molecular weight excluding hydrogens is 340 g/mol. The van der Waals surface area contributed by atoms with Crippen molar-refractivity contribution in [1.29, 1.82) is 0 Å². The first-order chi connectivity index (χ1) is 11.8. The van der Waals surface area contributed by atoms with Crippen LogP contribution in [0.3, 0.4) is 0 Å². The zero-order valence-electron chi connectivity index (χ0n) is 12.7. The third-order valence-corrected chi connectivity index (χ3v) is 5.46. The van der Waals surface area contributed by atoms with Gasteiger partial charge in [0.1, 0.15) is 5.69 Å². The van der Waals surface area contributed by atoms with Crippen LogP contribution >= 0.6 is 22.7 Å². The van der Waals surface area contributed by atoms with Gasteiger partial charge in [-0.05, 0) is 29.6 Å². The Morgan fingerprint density at radius 3 is 2.92 bits per heavy atom. The van der Waals surface area contributed by atoms with E-state index in [0.717, 1.165) is 20.8 Å². The number of thiazole rings is 1. The number of carbonyl (C=O) groups excluding carboxylic acids is 1. The molecule has 0 unspecified atom stereocenters. The molecule has 0 aliphatic rings. The van der Waals surface area contributed by atoms with Gasteiger partial charge in [-0.15, -0.1) is 22.7 Å². The molecule has 0 saturated heterocycles. The summed E-state index contributed by atoms with van der Waals surface area (Å²) in [5.74, 6) is -0.137. The molecule has 3 heterocycles. The molecule has 7 heteroatoms. The van der Waals surface area contributed by atoms with Crippen LogP contribution in [-0.4, -0.2) is 27.2 Å². The standard InChI is InChI=1S/C17H14N4OS2/c22-16(17-19-12-4-1-2-5-15(12)24-17)18-8-10-21-9-7-13(20-21)14-6-3-11-23-14/h1-7,9,11H,8,10H2,(H,18,22). The predicted octanol–water partition coefficient (Wildman–Crippen LogP) is 3.65. The van der Waals surface area contributed by atoms with Gasteiger partial charge < -0.3 is 5.32 Å². The van der Waals surface area contributed by atoms with Gasteiger partial charge in [0.25, 0.3) is 5.91 Å². The van der Waals surface area contributed by atoms with Crippen LogP contribution in [-0.2, 0) is 6.54 Å². The second-order valence-electron chi connectivity index (χ2n) is 5.18. The van der Waals surface area contributed by atoms with E-state index >= 15 is 0 Å². The van der Waals surface area contributed by atoms with Crippen molar-refractivity contribution in [3.8, 4) is 10.6 Å². The highest BCUT2D eigenvalue weighted by Crippen LogP contribution is 2.22. The summed E-state index contributed by atoms with van der Waals surface area (Å²) in [6.45, 7) is 1.14. The summed E-state index contributed by atoms with van der Waals surface area (Å²) < 4.78 is 2.86. The van der Waals surface area contributed by atoms with Gasteiger partial charge in [0.15, 0.2) is 5.01 Å². The van der Waals surface area contributed by atoms with E-state index in [0.29, 0.717) is 18.1 Å². The van der Waals surface area contributed by atoms with Gasteiger partial charge in [-0.3, -0.25) is 9.48 Å². The average Bonchev–Trinajstić information content (AvgIpc) is 3.33. The van der Waals surface area contributed by atoms with Gasteiger partial charge in [0.2, 0.25) is 0 Å². The summed E-state index contributed by atoms with van der Waals surface area (Å²) in [4.78, 5) is 17.7. The minimum Gasteiger partial charge on any atom is -0.348 e. The molecule has 0 fully saturated rings. The smallest absolute Gasteiger partial charge is 0.280 e. The largest absolute Gasteiger partial charge is 0.348 e. The molecule has 120 valence electrons. The third-order valence-electron chi connectivity index (χ3n) is 3.53. The van der Waals surface area contributed by atoms with E-state index in [2.05, 4.69) is 15.4 Å². The maximum Gasteiger partial charge on any atom is 0.280 e. The highest BCUT2D eigenvalue weighted by molar-refractivity contribution is 7.20. The number of thiophene rings is 1. The van der Waals surface area contributed by atoms with E-state index in [1.807, 2.05) is 58.7 Å². The number of aromatic nitrogens is 3. The minimum absolute atomic E-state index is 0.137. The SMILES string of the molecule is O=C(NCCn1ccc(-c2cccs2)n1)c1nc2ccccc2s1. The summed E-state index contributed by atoms with van der Waals surface area (Å²) in [7, 11) is 0. The Morgan fingerprint density at radius 2 is 2.08 bits per heavy atom. The second-order valence-corrected chi connectivity index (χ2v) is 7.16. The number of rotatable bonds is 5. The molecular formula is C17H14N4OS2. The summed E-state index contributed by atoms with van der Waals surface area (Å²) in [6, 6.07) is 13.8. The molecule has 1 aromatic carbocycles. The van der Waals surface area contributed by atoms with E-state index in [1.54, 1.807) is 11.3 Å². The number of fused-ring (bicyclic) bond motifs is 1. The highest BCUT2D eigenvalue weighted by Gasteiger charge is 2.11. The van der Waals surface area contributed by atoms with Crippen LogP contribution < -0.4 is 5.32 Å². The Morgan fingerprint density at radius 1 is 1.17 bits per heavy atom.